The highest BCUT2D eigenvalue weighted by Gasteiger charge is 2.23. The quantitative estimate of drug-likeness (QED) is 0.103. The van der Waals surface area contributed by atoms with Crippen molar-refractivity contribution in [2.45, 2.75) is 57.8 Å². The number of nitrogens with two attached hydrogens (primary N) is 1. The second-order valence-electron chi connectivity index (χ2n) is 12.9. The van der Waals surface area contributed by atoms with Crippen LogP contribution in [0.2, 0.25) is 0 Å². The van der Waals surface area contributed by atoms with E-state index in [2.05, 4.69) is 21.3 Å². The third-order valence-electron chi connectivity index (χ3n) is 8.81. The number of nitrogen functional groups attached to an aromatic ring is 1. The monoisotopic (exact) mass is 730 g/mol. The molecular weight excluding hydrogens is 684 g/mol. The molecule has 4 aromatic rings. The SMILES string of the molecule is CC[C@@H](NC(=O)c1cc(C(=O)N[C@H](CN[C@@H](C)C(=O)N[C@H](C)c2ccc(N)cc2)Cc2ccccc2)cc(N(C)S(C)(=O)=O)c1)c1ccc(F)cc1. The molecule has 0 heterocycles. The van der Waals surface area contributed by atoms with Crippen LogP contribution in [0, 0.1) is 5.82 Å². The second-order valence-corrected chi connectivity index (χ2v) is 14.9. The number of anilines is 2. The van der Waals surface area contributed by atoms with Gasteiger partial charge in [-0.25, -0.2) is 12.8 Å². The molecule has 0 aliphatic heterocycles. The van der Waals surface area contributed by atoms with Gasteiger partial charge in [0.25, 0.3) is 11.8 Å². The summed E-state index contributed by atoms with van der Waals surface area (Å²) in [5.74, 6) is -1.71. The van der Waals surface area contributed by atoms with Crippen LogP contribution in [0.1, 0.15) is 76.7 Å². The van der Waals surface area contributed by atoms with Crippen LogP contribution < -0.4 is 31.3 Å². The van der Waals surface area contributed by atoms with Crippen molar-refractivity contribution in [1.82, 2.24) is 21.3 Å². The lowest BCUT2D eigenvalue weighted by molar-refractivity contribution is -0.123. The molecular formula is C39H47FN6O5S. The fourth-order valence-corrected chi connectivity index (χ4v) is 6.05. The summed E-state index contributed by atoms with van der Waals surface area (Å²) in [6.07, 6.45) is 1.94. The molecule has 11 nitrogen and oxygen atoms in total. The number of carbonyl (C=O) groups is 3. The maximum Gasteiger partial charge on any atom is 0.251 e. The molecule has 3 amide bonds. The number of sulfonamides is 1. The summed E-state index contributed by atoms with van der Waals surface area (Å²) in [5.41, 5.74) is 9.22. The number of halogens is 1. The molecule has 0 bridgehead atoms. The molecule has 0 saturated heterocycles. The van der Waals surface area contributed by atoms with Crippen molar-refractivity contribution < 1.29 is 27.2 Å². The first-order valence-corrected chi connectivity index (χ1v) is 18.9. The summed E-state index contributed by atoms with van der Waals surface area (Å²) in [4.78, 5) is 40.6. The van der Waals surface area contributed by atoms with Gasteiger partial charge in [-0.15, -0.1) is 0 Å². The van der Waals surface area contributed by atoms with Gasteiger partial charge >= 0.3 is 0 Å². The number of benzene rings is 4. The van der Waals surface area contributed by atoms with Crippen molar-refractivity contribution in [3.8, 4) is 0 Å². The Balaban J connectivity index is 1.55. The summed E-state index contributed by atoms with van der Waals surface area (Å²) in [6.45, 7) is 5.70. The third-order valence-corrected chi connectivity index (χ3v) is 10.0. The Labute approximate surface area is 305 Å². The Morgan fingerprint density at radius 1 is 0.808 bits per heavy atom. The van der Waals surface area contributed by atoms with E-state index in [1.807, 2.05) is 56.3 Å². The molecule has 0 spiro atoms. The van der Waals surface area contributed by atoms with Crippen molar-refractivity contribution in [3.05, 3.63) is 131 Å². The maximum absolute atomic E-state index is 13.9. The van der Waals surface area contributed by atoms with Crippen molar-refractivity contribution >= 4 is 39.1 Å². The van der Waals surface area contributed by atoms with Gasteiger partial charge in [-0.3, -0.25) is 18.7 Å². The second kappa shape index (κ2) is 17.8. The highest BCUT2D eigenvalue weighted by Crippen LogP contribution is 2.23. The average Bonchev–Trinajstić information content (AvgIpc) is 3.12. The first-order valence-electron chi connectivity index (χ1n) is 17.0. The van der Waals surface area contributed by atoms with Gasteiger partial charge in [-0.1, -0.05) is 61.5 Å². The van der Waals surface area contributed by atoms with Crippen molar-refractivity contribution in [1.29, 1.82) is 0 Å². The van der Waals surface area contributed by atoms with E-state index < -0.39 is 45.8 Å². The Morgan fingerprint density at radius 2 is 1.38 bits per heavy atom. The summed E-state index contributed by atoms with van der Waals surface area (Å²) in [7, 11) is -2.42. The van der Waals surface area contributed by atoms with Crippen LogP contribution in [0.5, 0.6) is 0 Å². The lowest BCUT2D eigenvalue weighted by Gasteiger charge is -2.24. The van der Waals surface area contributed by atoms with Crippen molar-refractivity contribution in [2.24, 2.45) is 0 Å². The third kappa shape index (κ3) is 11.1. The van der Waals surface area contributed by atoms with Crippen LogP contribution in [0.15, 0.2) is 97.1 Å². The number of amides is 3. The fourth-order valence-electron chi connectivity index (χ4n) is 5.56. The first-order chi connectivity index (χ1) is 24.6. The van der Waals surface area contributed by atoms with Crippen LogP contribution in [-0.4, -0.2) is 58.1 Å². The van der Waals surface area contributed by atoms with Crippen LogP contribution in [-0.2, 0) is 21.2 Å². The largest absolute Gasteiger partial charge is 0.399 e. The average molecular weight is 731 g/mol. The van der Waals surface area contributed by atoms with E-state index in [-0.39, 0.29) is 35.3 Å². The first kappa shape index (κ1) is 39.5. The Morgan fingerprint density at radius 3 is 1.96 bits per heavy atom. The predicted octanol–water partition coefficient (Wildman–Crippen LogP) is 4.88. The van der Waals surface area contributed by atoms with Crippen LogP contribution in [0.4, 0.5) is 15.8 Å². The molecule has 4 atom stereocenters. The summed E-state index contributed by atoms with van der Waals surface area (Å²) in [6, 6.07) is 25.0. The number of rotatable bonds is 16. The van der Waals surface area contributed by atoms with Crippen LogP contribution >= 0.6 is 0 Å². The fraction of sp³-hybridized carbons (Fsp3) is 0.308. The van der Waals surface area contributed by atoms with E-state index in [1.54, 1.807) is 31.2 Å². The zero-order valence-electron chi connectivity index (χ0n) is 30.0. The number of nitrogens with one attached hydrogen (secondary N) is 4. The van der Waals surface area contributed by atoms with Gasteiger partial charge < -0.3 is 27.0 Å². The molecule has 0 radical (unpaired) electrons. The standard InChI is InChI=1S/C39H47FN6O5S/c1-6-36(29-12-16-32(40)17-13-29)45-39(49)31-21-30(22-35(23-31)46(4)52(5,50)51)38(48)44-34(20-27-10-8-7-9-11-27)24-42-26(3)37(47)43-25(2)28-14-18-33(41)19-15-28/h7-19,21-23,25-26,34,36,42H,6,20,24,41H2,1-5H3,(H,43,47)(H,44,48)(H,45,49)/t25-,26+,34+,36-/m1/s1. The summed E-state index contributed by atoms with van der Waals surface area (Å²) < 4.78 is 39.6. The molecule has 0 fully saturated rings. The molecule has 276 valence electrons. The van der Waals surface area contributed by atoms with E-state index in [0.29, 0.717) is 24.1 Å². The number of hydrogen-bond donors (Lipinski definition) is 5. The van der Waals surface area contributed by atoms with Gasteiger partial charge in [0.2, 0.25) is 15.9 Å². The predicted molar refractivity (Wildman–Crippen MR) is 203 cm³/mol. The topological polar surface area (TPSA) is 163 Å². The zero-order valence-corrected chi connectivity index (χ0v) is 30.8. The minimum absolute atomic E-state index is 0.0640. The molecule has 6 N–H and O–H groups in total. The number of hydrogen-bond acceptors (Lipinski definition) is 7. The van der Waals surface area contributed by atoms with E-state index in [4.69, 9.17) is 5.73 Å². The molecule has 0 aromatic heterocycles. The Bertz CT molecular complexity index is 1940. The zero-order chi connectivity index (χ0) is 38.0. The molecule has 0 aliphatic rings. The lowest BCUT2D eigenvalue weighted by atomic mass is 10.0. The van der Waals surface area contributed by atoms with Gasteiger partial charge in [0.15, 0.2) is 0 Å². The minimum atomic E-state index is -3.75. The van der Waals surface area contributed by atoms with E-state index in [0.717, 1.165) is 21.7 Å². The highest BCUT2D eigenvalue weighted by atomic mass is 32.2. The Kier molecular flexibility index (Phi) is 13.5. The van der Waals surface area contributed by atoms with Crippen LogP contribution in [0.25, 0.3) is 0 Å². The molecule has 13 heteroatoms. The maximum atomic E-state index is 13.9. The Hall–Kier alpha value is -5.27. The van der Waals surface area contributed by atoms with Crippen LogP contribution in [0.3, 0.4) is 0 Å². The minimum Gasteiger partial charge on any atom is -0.399 e. The number of carbonyl (C=O) groups excluding carboxylic acids is 3. The van der Waals surface area contributed by atoms with E-state index in [1.165, 1.54) is 37.4 Å². The molecule has 4 rings (SSSR count). The highest BCUT2D eigenvalue weighted by molar-refractivity contribution is 7.92. The molecule has 52 heavy (non-hydrogen) atoms. The van der Waals surface area contributed by atoms with Gasteiger partial charge in [0, 0.05) is 36.4 Å². The van der Waals surface area contributed by atoms with Gasteiger partial charge in [0.05, 0.1) is 30.1 Å². The van der Waals surface area contributed by atoms with Gasteiger partial charge in [-0.05, 0) is 85.8 Å². The van der Waals surface area contributed by atoms with Crippen molar-refractivity contribution in [3.63, 3.8) is 0 Å². The van der Waals surface area contributed by atoms with E-state index >= 15 is 0 Å². The van der Waals surface area contributed by atoms with Crippen molar-refractivity contribution in [2.75, 3.05) is 29.9 Å². The molecule has 0 saturated carbocycles. The summed E-state index contributed by atoms with van der Waals surface area (Å²) in [5, 5.41) is 12.2. The lowest BCUT2D eigenvalue weighted by Crippen LogP contribution is -2.49. The molecule has 0 aliphatic carbocycles. The van der Waals surface area contributed by atoms with E-state index in [9.17, 15) is 27.2 Å². The molecule has 4 aromatic carbocycles. The summed E-state index contributed by atoms with van der Waals surface area (Å²) >= 11 is 0. The van der Waals surface area contributed by atoms with Gasteiger partial charge in [-0.2, -0.15) is 0 Å². The smallest absolute Gasteiger partial charge is 0.251 e. The molecule has 0 unspecified atom stereocenters. The normalized spacial score (nSPS) is 13.7. The number of nitrogens with zero attached hydrogens (tertiary/aromatic N) is 1. The van der Waals surface area contributed by atoms with Gasteiger partial charge in [0.1, 0.15) is 5.82 Å².